The number of nitrogens with one attached hydrogen (secondary N) is 1. The van der Waals surface area contributed by atoms with Crippen LogP contribution in [-0.2, 0) is 26.1 Å². The second-order valence-corrected chi connectivity index (χ2v) is 12.5. The van der Waals surface area contributed by atoms with Crippen LogP contribution in [-0.4, -0.2) is 57.9 Å². The minimum absolute atomic E-state index is 0.0256. The molecule has 1 unspecified atom stereocenters. The standard InChI is InChI=1S/C31H36N2O6S/c1-21-14-27(38-12-11-33-10-5-13-40(33,35)36)15-22(2)31(21)24-7-4-6-23(16-24)19-32-26-8-9-28-25(17-30(34)37-3)20-39-29(28)18-26/h4,6-9,14-16,18,25,32H,5,10-13,17,19-20H2,1-3H3. The summed E-state index contributed by atoms with van der Waals surface area (Å²) in [5.41, 5.74) is 7.65. The zero-order valence-electron chi connectivity index (χ0n) is 23.2. The van der Waals surface area contributed by atoms with E-state index in [1.165, 1.54) is 17.0 Å². The number of methoxy groups -OCH3 is 1. The van der Waals surface area contributed by atoms with Gasteiger partial charge in [-0.2, -0.15) is 4.31 Å². The molecular formula is C31H36N2O6S. The van der Waals surface area contributed by atoms with Crippen LogP contribution in [0.2, 0.25) is 0 Å². The number of esters is 1. The molecule has 2 aliphatic rings. The van der Waals surface area contributed by atoms with E-state index in [1.54, 1.807) is 0 Å². The summed E-state index contributed by atoms with van der Waals surface area (Å²) in [7, 11) is -1.71. The van der Waals surface area contributed by atoms with E-state index in [0.717, 1.165) is 45.0 Å². The molecule has 40 heavy (non-hydrogen) atoms. The van der Waals surface area contributed by atoms with Crippen molar-refractivity contribution in [3.05, 3.63) is 76.9 Å². The van der Waals surface area contributed by atoms with E-state index in [2.05, 4.69) is 43.4 Å². The third-order valence-corrected chi connectivity index (χ3v) is 9.52. The fourth-order valence-electron chi connectivity index (χ4n) is 5.55. The van der Waals surface area contributed by atoms with Gasteiger partial charge in [0.2, 0.25) is 10.0 Å². The molecule has 1 fully saturated rings. The molecule has 2 heterocycles. The molecule has 0 spiro atoms. The molecule has 0 radical (unpaired) electrons. The normalized spacial score (nSPS) is 17.7. The van der Waals surface area contributed by atoms with Gasteiger partial charge in [-0.1, -0.05) is 24.3 Å². The van der Waals surface area contributed by atoms with Gasteiger partial charge < -0.3 is 19.5 Å². The summed E-state index contributed by atoms with van der Waals surface area (Å²) in [6, 6.07) is 18.5. The van der Waals surface area contributed by atoms with Crippen LogP contribution >= 0.6 is 0 Å². The first-order valence-corrected chi connectivity index (χ1v) is 15.2. The number of anilines is 1. The summed E-state index contributed by atoms with van der Waals surface area (Å²) in [5, 5.41) is 3.49. The number of nitrogens with zero attached hydrogens (tertiary/aromatic N) is 1. The molecule has 9 heteroatoms. The van der Waals surface area contributed by atoms with Gasteiger partial charge in [0.25, 0.3) is 0 Å². The third-order valence-electron chi connectivity index (χ3n) is 7.57. The third kappa shape index (κ3) is 6.26. The summed E-state index contributed by atoms with van der Waals surface area (Å²) >= 11 is 0. The number of carbonyl (C=O) groups is 1. The Labute approximate surface area is 236 Å². The van der Waals surface area contributed by atoms with E-state index in [9.17, 15) is 13.2 Å². The van der Waals surface area contributed by atoms with Gasteiger partial charge in [0.05, 0.1) is 25.9 Å². The lowest BCUT2D eigenvalue weighted by molar-refractivity contribution is -0.141. The summed E-state index contributed by atoms with van der Waals surface area (Å²) in [6.45, 7) is 6.56. The fourth-order valence-corrected chi connectivity index (χ4v) is 7.06. The second-order valence-electron chi connectivity index (χ2n) is 10.4. The number of carbonyl (C=O) groups excluding carboxylic acids is 1. The largest absolute Gasteiger partial charge is 0.493 e. The monoisotopic (exact) mass is 564 g/mol. The highest BCUT2D eigenvalue weighted by atomic mass is 32.2. The van der Waals surface area contributed by atoms with Gasteiger partial charge in [-0.25, -0.2) is 8.42 Å². The summed E-state index contributed by atoms with van der Waals surface area (Å²) < 4.78 is 42.1. The van der Waals surface area contributed by atoms with Gasteiger partial charge in [-0.05, 0) is 72.4 Å². The minimum atomic E-state index is -3.11. The molecule has 0 amide bonds. The lowest BCUT2D eigenvalue weighted by Crippen LogP contribution is -2.30. The molecule has 1 N–H and O–H groups in total. The molecule has 212 valence electrons. The molecule has 0 aromatic heterocycles. The SMILES string of the molecule is COC(=O)CC1COc2cc(NCc3cccc(-c4c(C)cc(OCCN5CCCS5(=O)=O)cc4C)c3)ccc21. The quantitative estimate of drug-likeness (QED) is 0.345. The first-order chi connectivity index (χ1) is 19.2. The van der Waals surface area contributed by atoms with Crippen molar-refractivity contribution in [2.24, 2.45) is 0 Å². The highest BCUT2D eigenvalue weighted by Crippen LogP contribution is 2.38. The van der Waals surface area contributed by atoms with Crippen LogP contribution in [0.3, 0.4) is 0 Å². The van der Waals surface area contributed by atoms with Gasteiger partial charge >= 0.3 is 5.97 Å². The van der Waals surface area contributed by atoms with Crippen LogP contribution < -0.4 is 14.8 Å². The summed E-state index contributed by atoms with van der Waals surface area (Å²) in [5.74, 6) is 1.59. The molecule has 3 aromatic rings. The number of hydrogen-bond acceptors (Lipinski definition) is 7. The van der Waals surface area contributed by atoms with Crippen LogP contribution in [0.15, 0.2) is 54.6 Å². The maximum Gasteiger partial charge on any atom is 0.306 e. The number of rotatable bonds is 10. The van der Waals surface area contributed by atoms with E-state index < -0.39 is 10.0 Å². The van der Waals surface area contributed by atoms with Crippen molar-refractivity contribution in [1.82, 2.24) is 4.31 Å². The zero-order chi connectivity index (χ0) is 28.3. The molecule has 3 aromatic carbocycles. The van der Waals surface area contributed by atoms with Crippen molar-refractivity contribution in [1.29, 1.82) is 0 Å². The second kappa shape index (κ2) is 11.9. The van der Waals surface area contributed by atoms with Gasteiger partial charge in [-0.15, -0.1) is 0 Å². The summed E-state index contributed by atoms with van der Waals surface area (Å²) in [4.78, 5) is 11.7. The molecule has 1 atom stereocenters. The van der Waals surface area contributed by atoms with E-state index in [-0.39, 0.29) is 17.6 Å². The van der Waals surface area contributed by atoms with Crippen LogP contribution in [0.5, 0.6) is 11.5 Å². The number of ether oxygens (including phenoxy) is 3. The Morgan fingerprint density at radius 1 is 1.10 bits per heavy atom. The maximum atomic E-state index is 12.0. The predicted molar refractivity (Wildman–Crippen MR) is 155 cm³/mol. The average molecular weight is 565 g/mol. The average Bonchev–Trinajstić information content (AvgIpc) is 3.48. The number of aryl methyl sites for hydroxylation is 2. The molecule has 1 saturated heterocycles. The summed E-state index contributed by atoms with van der Waals surface area (Å²) in [6.07, 6.45) is 1.00. The van der Waals surface area contributed by atoms with E-state index in [0.29, 0.717) is 45.7 Å². The van der Waals surface area contributed by atoms with Crippen molar-refractivity contribution < 1.29 is 27.4 Å². The van der Waals surface area contributed by atoms with Crippen molar-refractivity contribution in [2.75, 3.05) is 44.5 Å². The highest BCUT2D eigenvalue weighted by Gasteiger charge is 2.28. The van der Waals surface area contributed by atoms with Gasteiger partial charge in [0.15, 0.2) is 0 Å². The van der Waals surface area contributed by atoms with Crippen LogP contribution in [0, 0.1) is 13.8 Å². The van der Waals surface area contributed by atoms with E-state index in [4.69, 9.17) is 14.2 Å². The van der Waals surface area contributed by atoms with Crippen molar-refractivity contribution in [3.8, 4) is 22.6 Å². The van der Waals surface area contributed by atoms with Crippen LogP contribution in [0.1, 0.15) is 41.0 Å². The first-order valence-electron chi connectivity index (χ1n) is 13.6. The topological polar surface area (TPSA) is 94.2 Å². The lowest BCUT2D eigenvalue weighted by Gasteiger charge is -2.17. The molecule has 8 nitrogen and oxygen atoms in total. The van der Waals surface area contributed by atoms with Crippen LogP contribution in [0.25, 0.3) is 11.1 Å². The van der Waals surface area contributed by atoms with Gasteiger partial charge in [0, 0.05) is 42.9 Å². The Morgan fingerprint density at radius 3 is 2.62 bits per heavy atom. The number of fused-ring (bicyclic) bond motifs is 1. The predicted octanol–water partition coefficient (Wildman–Crippen LogP) is 5.04. The Hall–Kier alpha value is -3.56. The molecule has 5 rings (SSSR count). The fraction of sp³-hybridized carbons (Fsp3) is 0.387. The number of hydrogen-bond donors (Lipinski definition) is 1. The van der Waals surface area contributed by atoms with Crippen molar-refractivity contribution >= 4 is 21.7 Å². The van der Waals surface area contributed by atoms with Crippen molar-refractivity contribution in [3.63, 3.8) is 0 Å². The molecule has 2 aliphatic heterocycles. The Kier molecular flexibility index (Phi) is 8.32. The Morgan fingerprint density at radius 2 is 1.90 bits per heavy atom. The molecule has 0 saturated carbocycles. The molecule has 0 bridgehead atoms. The van der Waals surface area contributed by atoms with Gasteiger partial charge in [-0.3, -0.25) is 4.79 Å². The zero-order valence-corrected chi connectivity index (χ0v) is 24.1. The Bertz CT molecular complexity index is 1480. The van der Waals surface area contributed by atoms with E-state index in [1.807, 2.05) is 30.3 Å². The minimum Gasteiger partial charge on any atom is -0.493 e. The van der Waals surface area contributed by atoms with Gasteiger partial charge in [0.1, 0.15) is 18.1 Å². The molecule has 0 aliphatic carbocycles. The number of sulfonamides is 1. The Balaban J connectivity index is 1.22. The molecular weight excluding hydrogens is 528 g/mol. The highest BCUT2D eigenvalue weighted by molar-refractivity contribution is 7.89. The maximum absolute atomic E-state index is 12.0. The number of benzene rings is 3. The van der Waals surface area contributed by atoms with E-state index >= 15 is 0 Å². The smallest absolute Gasteiger partial charge is 0.306 e. The van der Waals surface area contributed by atoms with Crippen molar-refractivity contribution in [2.45, 2.75) is 39.2 Å². The first kappa shape index (κ1) is 28.0. The van der Waals surface area contributed by atoms with Crippen LogP contribution in [0.4, 0.5) is 5.69 Å². The lowest BCUT2D eigenvalue weighted by atomic mass is 9.94.